The third-order valence-corrected chi connectivity index (χ3v) is 42.2. The summed E-state index contributed by atoms with van der Waals surface area (Å²) in [6.45, 7) is 61.5. The van der Waals surface area contributed by atoms with Gasteiger partial charge in [-0.15, -0.1) is 0 Å². The van der Waals surface area contributed by atoms with Gasteiger partial charge in [0.2, 0.25) is 0 Å². The molecule has 0 saturated heterocycles. The first-order valence-electron chi connectivity index (χ1n) is 43.1. The molecule has 4 unspecified atom stereocenters. The number of hydrogen-bond acceptors (Lipinski definition) is 10. The predicted octanol–water partition coefficient (Wildman–Crippen LogP) is 25.9. The third-order valence-electron chi connectivity index (χ3n) is 24.0. The topological polar surface area (TPSA) is 139 Å². The van der Waals surface area contributed by atoms with Crippen LogP contribution < -0.4 is 0 Å². The molecule has 17 heteroatoms. The number of imidazole rings is 1. The lowest BCUT2D eigenvalue weighted by Crippen LogP contribution is -2.51. The lowest BCUT2D eigenvalue weighted by atomic mass is 10.0. The molecule has 0 aliphatic rings. The highest BCUT2D eigenvalue weighted by molar-refractivity contribution is 6.75. The number of hydrogen-bond donors (Lipinski definition) is 2. The Balaban J connectivity index is 3.98. The zero-order valence-electron chi connectivity index (χ0n) is 72.4. The molecule has 0 saturated carbocycles. The number of nitrogens with one attached hydrogen (secondary N) is 1. The van der Waals surface area contributed by atoms with Gasteiger partial charge in [-0.05, 0) is 111 Å². The van der Waals surface area contributed by atoms with Gasteiger partial charge in [-0.1, -0.05) is 316 Å². The summed E-state index contributed by atoms with van der Waals surface area (Å²) in [6.07, 6.45) is 48.8. The Hall–Kier alpha value is -1.42. The molecule has 0 fully saturated rings. The van der Waals surface area contributed by atoms with Crippen molar-refractivity contribution in [3.63, 3.8) is 0 Å². The van der Waals surface area contributed by atoms with Crippen LogP contribution in [0.1, 0.15) is 360 Å². The highest BCUT2D eigenvalue weighted by Gasteiger charge is 2.44. The van der Waals surface area contributed by atoms with E-state index in [1.165, 1.54) is 185 Å². The quantitative estimate of drug-likeness (QED) is 0.0476. The summed E-state index contributed by atoms with van der Waals surface area (Å²) in [6, 6.07) is -1.16. The molecule has 102 heavy (non-hydrogen) atoms. The van der Waals surface area contributed by atoms with Gasteiger partial charge in [0.15, 0.2) is 33.3 Å². The van der Waals surface area contributed by atoms with Gasteiger partial charge in [-0.25, -0.2) is 14.6 Å². The van der Waals surface area contributed by atoms with Crippen molar-refractivity contribution in [2.24, 2.45) is 0 Å². The number of H-pyrrole nitrogens is 1. The summed E-state index contributed by atoms with van der Waals surface area (Å²) in [4.78, 5) is 43.1. The standard InChI is InChI=1S/C85H175N5O8Si4/c1-25-29-33-37-41-45-49-53-59-75(95-99(17,18)82(5,6)7)69-88(70-76(96-100(19,20)83(8,9)10)60-54-50-46-42-38-34-30-26-2)63-57-65-90(79(80(91)92)67-74-68-86-73-87-74)81(93)94-66-58-64-89(71-77(97-101(21,22)84(11,12)13)61-55-51-47-43-39-35-31-27-3)72-78(98-102(23,24)85(14,15)16)62-56-52-48-44-40-36-32-28-4/h68,73,75-79H,25-67,69-72H2,1-24H3,(H,86,87)(H,91,92)/t75?,76?,77?,78?,79-/m0/s1. The molecule has 13 nitrogen and oxygen atoms in total. The number of carbonyl (C=O) groups excluding carboxylic acids is 1. The van der Waals surface area contributed by atoms with Crippen LogP contribution in [0.3, 0.4) is 0 Å². The minimum absolute atomic E-state index is 0.0356. The van der Waals surface area contributed by atoms with E-state index in [1.807, 2.05) is 0 Å². The van der Waals surface area contributed by atoms with Crippen molar-refractivity contribution in [3.8, 4) is 0 Å². The number of nitrogens with zero attached hydrogens (tertiary/aromatic N) is 4. The first-order chi connectivity index (χ1) is 47.8. The van der Waals surface area contributed by atoms with Crippen molar-refractivity contribution in [2.75, 3.05) is 52.4 Å². The van der Waals surface area contributed by atoms with Crippen molar-refractivity contribution in [3.05, 3.63) is 18.2 Å². The number of aromatic amines is 1. The monoisotopic (exact) mass is 1510 g/mol. The van der Waals surface area contributed by atoms with Crippen LogP contribution in [0.5, 0.6) is 0 Å². The zero-order chi connectivity index (χ0) is 76.9. The number of aromatic nitrogens is 2. The third kappa shape index (κ3) is 43.7. The van der Waals surface area contributed by atoms with Crippen LogP contribution in [0.15, 0.2) is 12.5 Å². The number of aliphatic carboxylic acids is 1. The molecule has 0 radical (unpaired) electrons. The van der Waals surface area contributed by atoms with E-state index in [2.05, 4.69) is 183 Å². The number of carbonyl (C=O) groups is 2. The molecule has 1 aromatic heterocycles. The SMILES string of the molecule is CCCCCCCCCCC(CN(CCCOC(=O)N(CCCN(CC(CCCCCCCCCC)O[Si](C)(C)C(C)(C)C)CC(CCCCCCCCCC)O[Si](C)(C)C(C)(C)C)[C@@H](Cc1cnc[nH]1)C(=O)O)CC(CCCCCCCCCC)O[Si](C)(C)C(C)(C)C)O[Si](C)(C)C(C)(C)C. The predicted molar refractivity (Wildman–Crippen MR) is 451 cm³/mol. The van der Waals surface area contributed by atoms with Crippen molar-refractivity contribution < 1.29 is 37.1 Å². The van der Waals surface area contributed by atoms with Gasteiger partial charge < -0.3 is 32.5 Å². The number of amides is 1. The summed E-state index contributed by atoms with van der Waals surface area (Å²) in [7, 11) is -8.74. The van der Waals surface area contributed by atoms with Gasteiger partial charge in [-0.2, -0.15) is 0 Å². The molecular weight excluding hydrogens is 1330 g/mol. The first-order valence-corrected chi connectivity index (χ1v) is 54.7. The van der Waals surface area contributed by atoms with E-state index in [4.69, 9.17) is 22.4 Å². The molecule has 0 spiro atoms. The second-order valence-corrected chi connectivity index (χ2v) is 56.7. The Bertz CT molecular complexity index is 2100. The molecular formula is C85H175N5O8Si4. The molecule has 0 aliphatic heterocycles. The van der Waals surface area contributed by atoms with Crippen LogP contribution in [-0.4, -0.2) is 158 Å². The largest absolute Gasteiger partial charge is 0.480 e. The Morgan fingerprint density at radius 3 is 0.912 bits per heavy atom. The molecule has 0 aromatic carbocycles. The van der Waals surface area contributed by atoms with Crippen LogP contribution in [0.4, 0.5) is 4.79 Å². The van der Waals surface area contributed by atoms with Gasteiger partial charge in [0.05, 0.1) is 37.4 Å². The van der Waals surface area contributed by atoms with E-state index in [0.717, 1.165) is 77.5 Å². The molecule has 1 heterocycles. The van der Waals surface area contributed by atoms with E-state index >= 15 is 4.79 Å². The van der Waals surface area contributed by atoms with Crippen LogP contribution in [-0.2, 0) is 33.7 Å². The maximum absolute atomic E-state index is 15.2. The molecule has 1 amide bonds. The average Bonchev–Trinajstić information content (AvgIpc) is 0.928. The van der Waals surface area contributed by atoms with Gasteiger partial charge in [0.25, 0.3) is 0 Å². The molecule has 0 aliphatic carbocycles. The second-order valence-electron chi connectivity index (χ2n) is 37.7. The van der Waals surface area contributed by atoms with Crippen molar-refractivity contribution in [2.45, 2.75) is 464 Å². The average molecular weight is 1510 g/mol. The number of rotatable bonds is 64. The minimum atomic E-state index is -2.20. The Labute approximate surface area is 638 Å². The molecule has 604 valence electrons. The summed E-state index contributed by atoms with van der Waals surface area (Å²) < 4.78 is 36.5. The smallest absolute Gasteiger partial charge is 0.410 e. The molecule has 1 rings (SSSR count). The summed E-state index contributed by atoms with van der Waals surface area (Å²) in [5.74, 6) is -1.06. The summed E-state index contributed by atoms with van der Waals surface area (Å²) >= 11 is 0. The minimum Gasteiger partial charge on any atom is -0.480 e. The fourth-order valence-electron chi connectivity index (χ4n) is 13.1. The summed E-state index contributed by atoms with van der Waals surface area (Å²) in [5, 5.41) is 11.4. The fraction of sp³-hybridized carbons (Fsp3) is 0.941. The first kappa shape index (κ1) is 98.6. The second kappa shape index (κ2) is 52.6. The van der Waals surface area contributed by atoms with Crippen LogP contribution in [0.2, 0.25) is 72.5 Å². The van der Waals surface area contributed by atoms with Crippen LogP contribution in [0, 0.1) is 0 Å². The zero-order valence-corrected chi connectivity index (χ0v) is 76.4. The molecule has 5 atom stereocenters. The van der Waals surface area contributed by atoms with E-state index in [0.29, 0.717) is 31.6 Å². The Morgan fingerprint density at radius 1 is 0.402 bits per heavy atom. The van der Waals surface area contributed by atoms with Crippen molar-refractivity contribution in [1.82, 2.24) is 24.7 Å². The molecule has 2 N–H and O–H groups in total. The highest BCUT2D eigenvalue weighted by atomic mass is 28.4. The molecule has 0 bridgehead atoms. The van der Waals surface area contributed by atoms with Gasteiger partial charge >= 0.3 is 12.1 Å². The van der Waals surface area contributed by atoms with Crippen molar-refractivity contribution >= 4 is 45.3 Å². The highest BCUT2D eigenvalue weighted by Crippen LogP contribution is 2.42. The fourth-order valence-corrected chi connectivity index (χ4v) is 18.6. The number of ether oxygens (including phenoxy) is 1. The Morgan fingerprint density at radius 2 is 0.667 bits per heavy atom. The van der Waals surface area contributed by atoms with Gasteiger partial charge in [-0.3, -0.25) is 14.7 Å². The molecule has 1 aromatic rings. The number of carboxylic acid groups (broad SMARTS) is 1. The maximum Gasteiger partial charge on any atom is 0.410 e. The summed E-state index contributed by atoms with van der Waals surface area (Å²) in [5.41, 5.74) is 0.665. The van der Waals surface area contributed by atoms with Crippen LogP contribution in [0.25, 0.3) is 0 Å². The number of unbranched alkanes of at least 4 members (excludes halogenated alkanes) is 28. The maximum atomic E-state index is 15.2. The van der Waals surface area contributed by atoms with Crippen molar-refractivity contribution in [1.29, 1.82) is 0 Å². The van der Waals surface area contributed by atoms with E-state index < -0.39 is 51.4 Å². The van der Waals surface area contributed by atoms with Crippen LogP contribution >= 0.6 is 0 Å². The van der Waals surface area contributed by atoms with E-state index in [-0.39, 0.29) is 64.1 Å². The number of carboxylic acids is 1. The van der Waals surface area contributed by atoms with Gasteiger partial charge in [0.1, 0.15) is 6.04 Å². The van der Waals surface area contributed by atoms with E-state index in [9.17, 15) is 9.90 Å². The lowest BCUT2D eigenvalue weighted by molar-refractivity contribution is -0.142. The lowest BCUT2D eigenvalue weighted by Gasteiger charge is -2.43. The Kier molecular flexibility index (Phi) is 50.9. The normalized spacial score (nSPS) is 14.8. The van der Waals surface area contributed by atoms with E-state index in [1.54, 1.807) is 12.5 Å². The van der Waals surface area contributed by atoms with Gasteiger partial charge in [0, 0.05) is 64.1 Å².